The van der Waals surface area contributed by atoms with Gasteiger partial charge in [0.1, 0.15) is 6.42 Å². The van der Waals surface area contributed by atoms with Crippen LogP contribution in [0.15, 0.2) is 18.7 Å². The summed E-state index contributed by atoms with van der Waals surface area (Å²) >= 11 is 0. The van der Waals surface area contributed by atoms with Gasteiger partial charge >= 0.3 is 0 Å². The molecule has 1 aromatic heterocycles. The van der Waals surface area contributed by atoms with Crippen molar-refractivity contribution in [1.82, 2.24) is 24.7 Å². The molecule has 1 spiro atoms. The molecule has 12 atom stereocenters. The van der Waals surface area contributed by atoms with Gasteiger partial charge in [-0.1, -0.05) is 27.7 Å². The number of carbonyl (C=O) groups is 2. The molecule has 7 aliphatic rings. The maximum absolute atomic E-state index is 13.1. The number of hydrogen-bond donors (Lipinski definition) is 1. The summed E-state index contributed by atoms with van der Waals surface area (Å²) < 4.78 is 15.6. The topological polar surface area (TPSA) is 88.9 Å². The standard InChI is InChI=1S/C39H61N5O4/c1-26-7-12-39(47-24-26)27(2)36-33(48-39)22-32-30-6-5-28-21-29(8-10-37(28,3)31(30)9-11-38(32,36)4)41-34(45)23-35(46)44-19-17-42(18-20-44)15-16-43-14-13-40-25-43/h13-14,25-33,36H,5-12,15-24H2,1-4H3,(H,41,45)/t26-,27-,28+,29?,30+,31?,32-,33-,36-,37-,38-,39+/m0/s1. The number of amides is 2. The van der Waals surface area contributed by atoms with Gasteiger partial charge in [-0.25, -0.2) is 4.98 Å². The molecule has 7 fully saturated rings. The van der Waals surface area contributed by atoms with Crippen LogP contribution in [0, 0.1) is 52.3 Å². The van der Waals surface area contributed by atoms with Crippen LogP contribution in [0.5, 0.6) is 0 Å². The summed E-state index contributed by atoms with van der Waals surface area (Å²) in [4.78, 5) is 34.6. The first kappa shape index (κ1) is 33.2. The van der Waals surface area contributed by atoms with E-state index in [0.29, 0.717) is 53.7 Å². The van der Waals surface area contributed by atoms with E-state index in [9.17, 15) is 9.59 Å². The number of hydrogen-bond acceptors (Lipinski definition) is 6. The van der Waals surface area contributed by atoms with Gasteiger partial charge in [0.2, 0.25) is 11.8 Å². The maximum atomic E-state index is 13.1. The molecule has 4 heterocycles. The highest BCUT2D eigenvalue weighted by Crippen LogP contribution is 2.71. The molecule has 1 aromatic rings. The van der Waals surface area contributed by atoms with Crippen LogP contribution >= 0.6 is 0 Å². The Hall–Kier alpha value is -1.97. The Bertz CT molecular complexity index is 1320. The lowest BCUT2D eigenvalue weighted by molar-refractivity contribution is -0.273. The summed E-state index contributed by atoms with van der Waals surface area (Å²) in [5.74, 6) is 4.28. The first-order valence-electron chi connectivity index (χ1n) is 19.6. The van der Waals surface area contributed by atoms with Crippen LogP contribution in [0.1, 0.15) is 98.3 Å². The summed E-state index contributed by atoms with van der Waals surface area (Å²) in [6.07, 6.45) is 18.0. The van der Waals surface area contributed by atoms with Gasteiger partial charge in [0.05, 0.1) is 19.0 Å². The van der Waals surface area contributed by atoms with E-state index in [-0.39, 0.29) is 30.1 Å². The molecular weight excluding hydrogens is 602 g/mol. The normalized spacial score (nSPS) is 45.7. The predicted octanol–water partition coefficient (Wildman–Crippen LogP) is 5.35. The molecule has 2 amide bonds. The largest absolute Gasteiger partial charge is 0.353 e. The Kier molecular flexibility index (Phi) is 8.76. The highest BCUT2D eigenvalue weighted by atomic mass is 16.7. The molecule has 3 saturated heterocycles. The molecule has 266 valence electrons. The van der Waals surface area contributed by atoms with Crippen molar-refractivity contribution in [2.24, 2.45) is 52.3 Å². The van der Waals surface area contributed by atoms with Crippen molar-refractivity contribution in [2.45, 2.75) is 123 Å². The molecule has 9 heteroatoms. The maximum Gasteiger partial charge on any atom is 0.232 e. The van der Waals surface area contributed by atoms with Gasteiger partial charge in [0.15, 0.2) is 5.79 Å². The van der Waals surface area contributed by atoms with Gasteiger partial charge in [-0.3, -0.25) is 14.5 Å². The average Bonchev–Trinajstić information content (AvgIpc) is 3.77. The van der Waals surface area contributed by atoms with E-state index in [4.69, 9.17) is 9.47 Å². The Balaban J connectivity index is 0.825. The zero-order valence-corrected chi connectivity index (χ0v) is 30.1. The molecule has 48 heavy (non-hydrogen) atoms. The van der Waals surface area contributed by atoms with E-state index in [1.165, 1.54) is 44.9 Å². The summed E-state index contributed by atoms with van der Waals surface area (Å²) in [5.41, 5.74) is 0.710. The van der Waals surface area contributed by atoms with E-state index in [0.717, 1.165) is 69.8 Å². The number of rotatable bonds is 6. The number of fused-ring (bicyclic) bond motifs is 7. The number of imidazole rings is 1. The van der Waals surface area contributed by atoms with E-state index in [2.05, 4.69) is 47.5 Å². The predicted molar refractivity (Wildman–Crippen MR) is 184 cm³/mol. The van der Waals surface area contributed by atoms with Crippen molar-refractivity contribution in [3.05, 3.63) is 18.7 Å². The molecule has 9 nitrogen and oxygen atoms in total. The van der Waals surface area contributed by atoms with Gasteiger partial charge in [0, 0.05) is 70.0 Å². The third-order valence-electron chi connectivity index (χ3n) is 15.6. The molecular formula is C39H61N5O4. The van der Waals surface area contributed by atoms with Gasteiger partial charge in [0.25, 0.3) is 0 Å². The lowest BCUT2D eigenvalue weighted by Gasteiger charge is -2.61. The van der Waals surface area contributed by atoms with Crippen molar-refractivity contribution in [3.63, 3.8) is 0 Å². The number of nitrogens with zero attached hydrogens (tertiary/aromatic N) is 4. The molecule has 4 saturated carbocycles. The van der Waals surface area contributed by atoms with Crippen LogP contribution in [-0.4, -0.2) is 88.4 Å². The van der Waals surface area contributed by atoms with E-state index in [1.807, 2.05) is 17.4 Å². The number of aromatic nitrogens is 2. The minimum Gasteiger partial charge on any atom is -0.353 e. The summed E-state index contributed by atoms with van der Waals surface area (Å²) in [5, 5.41) is 3.33. The van der Waals surface area contributed by atoms with Gasteiger partial charge in [-0.05, 0) is 104 Å². The second kappa shape index (κ2) is 12.7. The number of piperazine rings is 1. The first-order valence-corrected chi connectivity index (χ1v) is 19.6. The van der Waals surface area contributed by atoms with Crippen LogP contribution in [0.3, 0.4) is 0 Å². The third kappa shape index (κ3) is 5.66. The number of ether oxygens (including phenoxy) is 2. The van der Waals surface area contributed by atoms with Crippen molar-refractivity contribution < 1.29 is 19.1 Å². The lowest BCUT2D eigenvalue weighted by Crippen LogP contribution is -2.56. The quantitative estimate of drug-likeness (QED) is 0.413. The Morgan fingerprint density at radius 2 is 1.73 bits per heavy atom. The van der Waals surface area contributed by atoms with E-state index >= 15 is 0 Å². The minimum absolute atomic E-state index is 0.0212. The number of carbonyl (C=O) groups excluding carboxylic acids is 2. The first-order chi connectivity index (χ1) is 23.1. The van der Waals surface area contributed by atoms with Crippen molar-refractivity contribution >= 4 is 11.8 Å². The van der Waals surface area contributed by atoms with Crippen LogP contribution in [0.4, 0.5) is 0 Å². The zero-order chi connectivity index (χ0) is 33.3. The Labute approximate surface area is 288 Å². The molecule has 0 bridgehead atoms. The Morgan fingerprint density at radius 3 is 2.48 bits per heavy atom. The van der Waals surface area contributed by atoms with Crippen LogP contribution in [0.2, 0.25) is 0 Å². The highest BCUT2D eigenvalue weighted by molar-refractivity contribution is 5.97. The molecule has 2 unspecified atom stereocenters. The monoisotopic (exact) mass is 663 g/mol. The summed E-state index contributed by atoms with van der Waals surface area (Å²) in [6, 6.07) is 0.197. The van der Waals surface area contributed by atoms with Gasteiger partial charge < -0.3 is 24.3 Å². The molecule has 4 aliphatic carbocycles. The lowest BCUT2D eigenvalue weighted by atomic mass is 9.44. The SMILES string of the molecule is C[C@H]1CC[C@@]2(OC1)O[C@H]1C[C@H]3[C@@H]4CC[C@@H]5CC(NC(=O)CC(=O)N6CCN(CCn7ccnc7)CC6)CC[C@]5(C)C4CC[C@]3(C)[C@H]1[C@@H]2C. The number of nitrogens with one attached hydrogen (secondary N) is 1. The molecule has 0 aromatic carbocycles. The smallest absolute Gasteiger partial charge is 0.232 e. The fourth-order valence-electron chi connectivity index (χ4n) is 12.8. The van der Waals surface area contributed by atoms with Gasteiger partial charge in [-0.15, -0.1) is 0 Å². The van der Waals surface area contributed by atoms with Gasteiger partial charge in [-0.2, -0.15) is 0 Å². The fraction of sp³-hybridized carbons (Fsp3) is 0.872. The Morgan fingerprint density at radius 1 is 0.917 bits per heavy atom. The molecule has 8 rings (SSSR count). The molecule has 1 N–H and O–H groups in total. The average molecular weight is 664 g/mol. The second-order valence-electron chi connectivity index (χ2n) is 17.9. The highest BCUT2D eigenvalue weighted by Gasteiger charge is 2.69. The van der Waals surface area contributed by atoms with Crippen molar-refractivity contribution in [3.8, 4) is 0 Å². The van der Waals surface area contributed by atoms with Crippen LogP contribution < -0.4 is 5.32 Å². The van der Waals surface area contributed by atoms with Crippen molar-refractivity contribution in [2.75, 3.05) is 39.3 Å². The summed E-state index contributed by atoms with van der Waals surface area (Å²) in [7, 11) is 0. The second-order valence-corrected chi connectivity index (χ2v) is 17.9. The van der Waals surface area contributed by atoms with E-state index in [1.54, 1.807) is 6.20 Å². The fourth-order valence-corrected chi connectivity index (χ4v) is 12.8. The van der Waals surface area contributed by atoms with E-state index < -0.39 is 0 Å². The molecule has 0 radical (unpaired) electrons. The van der Waals surface area contributed by atoms with Crippen LogP contribution in [-0.2, 0) is 25.6 Å². The molecule has 3 aliphatic heterocycles. The minimum atomic E-state index is -0.333. The summed E-state index contributed by atoms with van der Waals surface area (Å²) in [6.45, 7) is 15.8. The zero-order valence-electron chi connectivity index (χ0n) is 30.1. The third-order valence-corrected chi connectivity index (χ3v) is 15.6. The van der Waals surface area contributed by atoms with Crippen LogP contribution in [0.25, 0.3) is 0 Å². The van der Waals surface area contributed by atoms with Crippen molar-refractivity contribution in [1.29, 1.82) is 0 Å².